The van der Waals surface area contributed by atoms with Gasteiger partial charge in [-0.1, -0.05) is 23.8 Å². The molecule has 0 aliphatic heterocycles. The summed E-state index contributed by atoms with van der Waals surface area (Å²) in [7, 11) is 0. The lowest BCUT2D eigenvalue weighted by atomic mass is 9.55. The molecule has 6 rings (SSSR count). The smallest absolute Gasteiger partial charge is 0.302 e. The van der Waals surface area contributed by atoms with Gasteiger partial charge in [-0.2, -0.15) is 0 Å². The summed E-state index contributed by atoms with van der Waals surface area (Å²) >= 11 is 0. The molecule has 42 heavy (non-hydrogen) atoms. The van der Waals surface area contributed by atoms with Gasteiger partial charge in [0.1, 0.15) is 18.5 Å². The van der Waals surface area contributed by atoms with E-state index in [1.54, 1.807) is 13.8 Å². The second-order valence-corrected chi connectivity index (χ2v) is 15.2. The van der Waals surface area contributed by atoms with Gasteiger partial charge in [0.2, 0.25) is 0 Å². The van der Waals surface area contributed by atoms with Crippen molar-refractivity contribution in [3.8, 4) is 0 Å². The van der Waals surface area contributed by atoms with E-state index in [1.807, 2.05) is 6.92 Å². The molecule has 0 aromatic heterocycles. The summed E-state index contributed by atoms with van der Waals surface area (Å²) in [5.41, 5.74) is -2.20. The van der Waals surface area contributed by atoms with Gasteiger partial charge in [-0.15, -0.1) is 0 Å². The van der Waals surface area contributed by atoms with E-state index in [1.165, 1.54) is 13.8 Å². The number of carbonyl (C=O) groups is 3. The molecule has 0 unspecified atom stereocenters. The van der Waals surface area contributed by atoms with Gasteiger partial charge >= 0.3 is 11.9 Å². The van der Waals surface area contributed by atoms with Crippen LogP contribution < -0.4 is 0 Å². The molecule has 0 aromatic rings. The molecule has 8 heteroatoms. The lowest BCUT2D eigenvalue weighted by Gasteiger charge is -2.52. The van der Waals surface area contributed by atoms with Gasteiger partial charge in [0.25, 0.3) is 0 Å². The van der Waals surface area contributed by atoms with Crippen LogP contribution in [-0.2, 0) is 23.9 Å². The minimum Gasteiger partial charge on any atom is -0.462 e. The molecule has 232 valence electrons. The lowest BCUT2D eigenvalue weighted by molar-refractivity contribution is -0.197. The Hall–Kier alpha value is -2.03. The molecule has 6 aliphatic rings. The molecule has 0 heterocycles. The van der Waals surface area contributed by atoms with Crippen molar-refractivity contribution in [1.29, 1.82) is 0 Å². The molecular weight excluding hydrogens is 536 g/mol. The molecule has 5 fully saturated rings. The zero-order chi connectivity index (χ0) is 30.6. The number of aliphatic hydroxyl groups excluding tert-OH is 2. The quantitative estimate of drug-likeness (QED) is 0.244. The van der Waals surface area contributed by atoms with E-state index >= 15 is 0 Å². The summed E-state index contributed by atoms with van der Waals surface area (Å²) in [6, 6.07) is 0. The van der Waals surface area contributed by atoms with Crippen LogP contribution in [0.2, 0.25) is 0 Å². The van der Waals surface area contributed by atoms with Crippen LogP contribution in [0, 0.1) is 51.8 Å². The van der Waals surface area contributed by atoms with Crippen LogP contribution in [-0.4, -0.2) is 63.6 Å². The van der Waals surface area contributed by atoms with Crippen molar-refractivity contribution in [2.45, 2.75) is 116 Å². The first-order valence-corrected chi connectivity index (χ1v) is 15.9. The van der Waals surface area contributed by atoms with Crippen LogP contribution in [0.25, 0.3) is 0 Å². The van der Waals surface area contributed by atoms with Gasteiger partial charge in [0.05, 0.1) is 28.6 Å². The third kappa shape index (κ3) is 3.67. The Labute approximate surface area is 248 Å². The number of fused-ring (bicyclic) bond motifs is 2. The number of aldehydes is 1. The Balaban J connectivity index is 1.48. The molecule has 0 amide bonds. The minimum absolute atomic E-state index is 0.0493. The summed E-state index contributed by atoms with van der Waals surface area (Å²) in [6.45, 7) is 12.3. The second kappa shape index (κ2) is 9.73. The average Bonchev–Trinajstić information content (AvgIpc) is 3.67. The van der Waals surface area contributed by atoms with Crippen molar-refractivity contribution in [3.63, 3.8) is 0 Å². The van der Waals surface area contributed by atoms with Gasteiger partial charge in [-0.05, 0) is 84.0 Å². The number of hydrogen-bond acceptors (Lipinski definition) is 8. The Kier molecular flexibility index (Phi) is 6.96. The number of allylic oxidation sites excluding steroid dienone is 1. The van der Waals surface area contributed by atoms with Crippen LogP contribution in [0.5, 0.6) is 0 Å². The first-order valence-electron chi connectivity index (χ1n) is 15.9. The van der Waals surface area contributed by atoms with E-state index in [0.717, 1.165) is 43.1 Å². The standard InChI is InChI=1S/C34H48O8/c1-17(2)20-7-9-22(27(20)41-18(3)36)21-8-10-23-24(21)15-32(16-35)26-12-14-34(32,28(23)38)30(42-19(4)37)33(26)13-11-25(29(33)39)31(5,6)40/h15-16,20-23,25-30,38-40H,1,7-14H2,2-6H3/t20-,21-,22+,23-,25-,26+,27+,28+,29-,30+,32+,33-,34-/m1/s1. The van der Waals surface area contributed by atoms with Gasteiger partial charge in [-0.25, -0.2) is 0 Å². The van der Waals surface area contributed by atoms with Gasteiger partial charge < -0.3 is 29.6 Å². The van der Waals surface area contributed by atoms with Crippen LogP contribution in [0.15, 0.2) is 23.8 Å². The van der Waals surface area contributed by atoms with Crippen LogP contribution in [0.1, 0.15) is 86.0 Å². The second-order valence-electron chi connectivity index (χ2n) is 15.2. The number of hydrogen-bond donors (Lipinski definition) is 3. The van der Waals surface area contributed by atoms with Gasteiger partial charge in [0.15, 0.2) is 0 Å². The molecule has 0 aromatic carbocycles. The first-order chi connectivity index (χ1) is 19.7. The van der Waals surface area contributed by atoms with Crippen molar-refractivity contribution in [2.75, 3.05) is 0 Å². The van der Waals surface area contributed by atoms with Crippen molar-refractivity contribution < 1.29 is 39.2 Å². The van der Waals surface area contributed by atoms with E-state index < -0.39 is 52.0 Å². The highest BCUT2D eigenvalue weighted by molar-refractivity contribution is 5.73. The monoisotopic (exact) mass is 584 g/mol. The predicted octanol–water partition coefficient (Wildman–Crippen LogP) is 3.90. The molecule has 13 atom stereocenters. The third-order valence-electron chi connectivity index (χ3n) is 13.1. The van der Waals surface area contributed by atoms with Gasteiger partial charge in [-0.3, -0.25) is 9.59 Å². The Morgan fingerprint density at radius 1 is 0.952 bits per heavy atom. The SMILES string of the molecule is C=C(C)[C@H]1CC[C@@H]([C@H]2CC[C@@H]3C2=C[C@]2(C=O)[C@@H]4CC[C@@]2([C@H]3O)[C@@H](OC(C)=O)[C@]42CC[C@@H](C(C)(C)O)[C@H]2O)[C@H]1OC(C)=O. The number of carbonyl (C=O) groups excluding carboxylic acids is 3. The number of ether oxygens (including phenoxy) is 2. The maximum absolute atomic E-state index is 13.6. The Bertz CT molecular complexity index is 1220. The fourth-order valence-electron chi connectivity index (χ4n) is 11.7. The minimum atomic E-state index is -1.16. The fraction of sp³-hybridized carbons (Fsp3) is 0.794. The topological polar surface area (TPSA) is 130 Å². The number of aliphatic hydroxyl groups is 3. The molecular formula is C34H48O8. The van der Waals surface area contributed by atoms with Gasteiger partial charge in [0, 0.05) is 42.9 Å². The molecule has 3 N–H and O–H groups in total. The molecule has 6 aliphatic carbocycles. The van der Waals surface area contributed by atoms with E-state index in [-0.39, 0.29) is 41.7 Å². The average molecular weight is 585 g/mol. The fourth-order valence-corrected chi connectivity index (χ4v) is 11.7. The largest absolute Gasteiger partial charge is 0.462 e. The van der Waals surface area contributed by atoms with Crippen LogP contribution in [0.3, 0.4) is 0 Å². The highest BCUT2D eigenvalue weighted by Gasteiger charge is 2.85. The van der Waals surface area contributed by atoms with Crippen LogP contribution >= 0.6 is 0 Å². The van der Waals surface area contributed by atoms with Crippen molar-refractivity contribution in [3.05, 3.63) is 23.8 Å². The molecule has 0 radical (unpaired) electrons. The molecule has 0 saturated heterocycles. The normalized spacial score (nSPS) is 49.0. The van der Waals surface area contributed by atoms with E-state index in [0.29, 0.717) is 25.7 Å². The predicted molar refractivity (Wildman–Crippen MR) is 154 cm³/mol. The Morgan fingerprint density at radius 2 is 1.62 bits per heavy atom. The van der Waals surface area contributed by atoms with Crippen molar-refractivity contribution in [2.24, 2.45) is 51.8 Å². The Morgan fingerprint density at radius 3 is 2.19 bits per heavy atom. The summed E-state index contributed by atoms with van der Waals surface area (Å²) < 4.78 is 12.1. The van der Waals surface area contributed by atoms with Crippen molar-refractivity contribution >= 4 is 18.2 Å². The highest BCUT2D eigenvalue weighted by atomic mass is 16.6. The zero-order valence-corrected chi connectivity index (χ0v) is 25.7. The zero-order valence-electron chi connectivity index (χ0n) is 25.7. The maximum atomic E-state index is 13.6. The van der Waals surface area contributed by atoms with Crippen LogP contribution in [0.4, 0.5) is 0 Å². The highest BCUT2D eigenvalue weighted by Crippen LogP contribution is 2.81. The van der Waals surface area contributed by atoms with E-state index in [2.05, 4.69) is 12.7 Å². The molecule has 1 spiro atoms. The summed E-state index contributed by atoms with van der Waals surface area (Å²) in [4.78, 5) is 38.4. The lowest BCUT2D eigenvalue weighted by Crippen LogP contribution is -2.60. The maximum Gasteiger partial charge on any atom is 0.302 e. The number of esters is 2. The van der Waals surface area contributed by atoms with E-state index in [4.69, 9.17) is 9.47 Å². The molecule has 8 nitrogen and oxygen atoms in total. The molecule has 2 bridgehead atoms. The van der Waals surface area contributed by atoms with E-state index in [9.17, 15) is 29.7 Å². The first kappa shape index (κ1) is 30.0. The summed E-state index contributed by atoms with van der Waals surface area (Å²) in [5.74, 6) is -1.62. The number of rotatable bonds is 6. The summed E-state index contributed by atoms with van der Waals surface area (Å²) in [6.07, 6.45) is 5.55. The molecule has 5 saturated carbocycles. The third-order valence-corrected chi connectivity index (χ3v) is 13.1. The summed E-state index contributed by atoms with van der Waals surface area (Å²) in [5, 5.41) is 35.5. The van der Waals surface area contributed by atoms with Crippen molar-refractivity contribution in [1.82, 2.24) is 0 Å².